The highest BCUT2D eigenvalue weighted by atomic mass is 35.5. The van der Waals surface area contributed by atoms with E-state index in [-0.39, 0.29) is 17.9 Å². The van der Waals surface area contributed by atoms with Gasteiger partial charge >= 0.3 is 0 Å². The van der Waals surface area contributed by atoms with E-state index in [0.29, 0.717) is 10.7 Å². The molecule has 0 aliphatic heterocycles. The van der Waals surface area contributed by atoms with E-state index >= 15 is 0 Å². The van der Waals surface area contributed by atoms with Gasteiger partial charge in [0.15, 0.2) is 12.2 Å². The number of aromatic nitrogens is 1. The molecule has 0 bridgehead atoms. The van der Waals surface area contributed by atoms with Crippen LogP contribution in [0.1, 0.15) is 5.69 Å². The Morgan fingerprint density at radius 3 is 2.93 bits per heavy atom. The number of aliphatic hydroxyl groups excluding tert-OH is 1. The Balaban J connectivity index is 2.54. The number of benzene rings is 1. The second kappa shape index (κ2) is 4.00. The van der Waals surface area contributed by atoms with E-state index in [2.05, 4.69) is 4.98 Å². The molecule has 0 saturated carbocycles. The van der Waals surface area contributed by atoms with Gasteiger partial charge in [-0.05, 0) is 18.2 Å². The fourth-order valence-corrected chi connectivity index (χ4v) is 1.43. The van der Waals surface area contributed by atoms with Gasteiger partial charge in [-0.15, -0.1) is 0 Å². The lowest BCUT2D eigenvalue weighted by atomic mass is 10.1. The molecule has 0 aliphatic rings. The molecule has 0 atom stereocenters. The van der Waals surface area contributed by atoms with E-state index in [9.17, 15) is 4.39 Å². The third kappa shape index (κ3) is 1.86. The summed E-state index contributed by atoms with van der Waals surface area (Å²) in [6.07, 6.45) is 1.16. The van der Waals surface area contributed by atoms with Crippen LogP contribution in [0.3, 0.4) is 0 Å². The predicted octanol–water partition coefficient (Wildman–Crippen LogP) is 2.63. The van der Waals surface area contributed by atoms with Crippen LogP contribution in [0, 0.1) is 5.82 Å². The summed E-state index contributed by atoms with van der Waals surface area (Å²) in [6, 6.07) is 4.21. The van der Waals surface area contributed by atoms with Gasteiger partial charge in [0.1, 0.15) is 11.5 Å². The van der Waals surface area contributed by atoms with Crippen LogP contribution in [0.2, 0.25) is 5.02 Å². The monoisotopic (exact) mass is 227 g/mol. The molecule has 78 valence electrons. The van der Waals surface area contributed by atoms with Crippen molar-refractivity contribution in [3.8, 4) is 11.3 Å². The lowest BCUT2D eigenvalue weighted by molar-refractivity contribution is 0.277. The molecule has 0 unspecified atom stereocenters. The summed E-state index contributed by atoms with van der Waals surface area (Å²) < 4.78 is 18.5. The van der Waals surface area contributed by atoms with Crippen molar-refractivity contribution in [2.45, 2.75) is 6.61 Å². The first-order valence-electron chi connectivity index (χ1n) is 4.21. The Morgan fingerprint density at radius 1 is 1.47 bits per heavy atom. The summed E-state index contributed by atoms with van der Waals surface area (Å²) in [7, 11) is 0. The van der Waals surface area contributed by atoms with Crippen molar-refractivity contribution in [1.82, 2.24) is 4.98 Å². The summed E-state index contributed by atoms with van der Waals surface area (Å²) >= 11 is 5.62. The van der Waals surface area contributed by atoms with Crippen LogP contribution >= 0.6 is 11.6 Å². The molecular weight excluding hydrogens is 221 g/mol. The first-order chi connectivity index (χ1) is 7.22. The van der Waals surface area contributed by atoms with E-state index in [1.807, 2.05) is 0 Å². The zero-order valence-electron chi connectivity index (χ0n) is 7.58. The van der Waals surface area contributed by atoms with Crippen LogP contribution in [0.5, 0.6) is 0 Å². The standard InChI is InChI=1S/C10H7ClFNO2/c11-6-1-2-7(8(12)3-6)10-9(4-14)13-5-15-10/h1-3,5,14H,4H2. The Morgan fingerprint density at radius 2 is 2.27 bits per heavy atom. The average molecular weight is 228 g/mol. The number of hydrogen-bond acceptors (Lipinski definition) is 3. The molecule has 0 radical (unpaired) electrons. The number of rotatable bonds is 2. The van der Waals surface area contributed by atoms with Gasteiger partial charge in [-0.3, -0.25) is 0 Å². The maximum absolute atomic E-state index is 13.5. The molecule has 0 fully saturated rings. The van der Waals surface area contributed by atoms with Crippen LogP contribution in [0.4, 0.5) is 4.39 Å². The number of halogens is 2. The maximum Gasteiger partial charge on any atom is 0.181 e. The molecule has 5 heteroatoms. The van der Waals surface area contributed by atoms with E-state index in [1.54, 1.807) is 6.07 Å². The minimum atomic E-state index is -0.506. The van der Waals surface area contributed by atoms with Crippen molar-refractivity contribution in [2.75, 3.05) is 0 Å². The molecule has 1 heterocycles. The zero-order chi connectivity index (χ0) is 10.8. The third-order valence-corrected chi connectivity index (χ3v) is 2.20. The molecule has 0 saturated heterocycles. The fourth-order valence-electron chi connectivity index (χ4n) is 1.27. The van der Waals surface area contributed by atoms with Crippen molar-refractivity contribution in [3.05, 3.63) is 41.1 Å². The molecule has 0 amide bonds. The van der Waals surface area contributed by atoms with Crippen LogP contribution in [0.25, 0.3) is 11.3 Å². The number of nitrogens with zero attached hydrogens (tertiary/aromatic N) is 1. The topological polar surface area (TPSA) is 46.3 Å². The highest BCUT2D eigenvalue weighted by Crippen LogP contribution is 2.27. The Hall–Kier alpha value is -1.39. The highest BCUT2D eigenvalue weighted by molar-refractivity contribution is 6.30. The van der Waals surface area contributed by atoms with E-state index < -0.39 is 5.82 Å². The van der Waals surface area contributed by atoms with E-state index in [4.69, 9.17) is 21.1 Å². The van der Waals surface area contributed by atoms with Gasteiger partial charge in [-0.25, -0.2) is 9.37 Å². The predicted molar refractivity (Wildman–Crippen MR) is 52.8 cm³/mol. The van der Waals surface area contributed by atoms with Crippen molar-refractivity contribution in [3.63, 3.8) is 0 Å². The van der Waals surface area contributed by atoms with Crippen LogP contribution < -0.4 is 0 Å². The van der Waals surface area contributed by atoms with Gasteiger partial charge in [-0.1, -0.05) is 11.6 Å². The quantitative estimate of drug-likeness (QED) is 0.858. The molecule has 2 rings (SSSR count). The molecule has 0 aliphatic carbocycles. The highest BCUT2D eigenvalue weighted by Gasteiger charge is 2.14. The summed E-state index contributed by atoms with van der Waals surface area (Å²) in [5.41, 5.74) is 0.539. The number of hydrogen-bond donors (Lipinski definition) is 1. The molecule has 1 aromatic heterocycles. The van der Waals surface area contributed by atoms with Gasteiger partial charge in [0.2, 0.25) is 0 Å². The lowest BCUT2D eigenvalue weighted by Gasteiger charge is -2.01. The van der Waals surface area contributed by atoms with Crippen molar-refractivity contribution < 1.29 is 13.9 Å². The molecule has 15 heavy (non-hydrogen) atoms. The molecule has 1 aromatic carbocycles. The Labute approximate surface area is 90.1 Å². The molecule has 0 spiro atoms. The second-order valence-electron chi connectivity index (χ2n) is 2.91. The Bertz CT molecular complexity index is 484. The first kappa shape index (κ1) is 10.1. The first-order valence-corrected chi connectivity index (χ1v) is 4.59. The maximum atomic E-state index is 13.5. The minimum Gasteiger partial charge on any atom is -0.443 e. The van der Waals surface area contributed by atoms with Crippen molar-refractivity contribution >= 4 is 11.6 Å². The van der Waals surface area contributed by atoms with Gasteiger partial charge in [0.05, 0.1) is 12.2 Å². The second-order valence-corrected chi connectivity index (χ2v) is 3.35. The lowest BCUT2D eigenvalue weighted by Crippen LogP contribution is -1.89. The normalized spacial score (nSPS) is 10.6. The van der Waals surface area contributed by atoms with Gasteiger partial charge in [0, 0.05) is 5.02 Å². The molecule has 2 aromatic rings. The third-order valence-electron chi connectivity index (χ3n) is 1.97. The molecule has 1 N–H and O–H groups in total. The summed E-state index contributed by atoms with van der Waals surface area (Å²) in [5.74, 6) is -0.277. The van der Waals surface area contributed by atoms with Crippen molar-refractivity contribution in [2.24, 2.45) is 0 Å². The van der Waals surface area contributed by atoms with Crippen LogP contribution in [-0.4, -0.2) is 10.1 Å². The smallest absolute Gasteiger partial charge is 0.181 e. The molecular formula is C10H7ClFNO2. The van der Waals surface area contributed by atoms with Crippen LogP contribution in [0.15, 0.2) is 29.0 Å². The fraction of sp³-hybridized carbons (Fsp3) is 0.100. The molecule has 3 nitrogen and oxygen atoms in total. The summed E-state index contributed by atoms with van der Waals surface area (Å²) in [6.45, 7) is -0.298. The van der Waals surface area contributed by atoms with Crippen LogP contribution in [-0.2, 0) is 6.61 Å². The minimum absolute atomic E-state index is 0.228. The van der Waals surface area contributed by atoms with Gasteiger partial charge in [-0.2, -0.15) is 0 Å². The average Bonchev–Trinajstić information content (AvgIpc) is 2.65. The zero-order valence-corrected chi connectivity index (χ0v) is 8.33. The summed E-state index contributed by atoms with van der Waals surface area (Å²) in [4.78, 5) is 3.76. The Kier molecular flexibility index (Phi) is 2.70. The largest absolute Gasteiger partial charge is 0.443 e. The van der Waals surface area contributed by atoms with E-state index in [0.717, 1.165) is 6.39 Å². The SMILES string of the molecule is OCc1ncoc1-c1ccc(Cl)cc1F. The number of aliphatic hydroxyl groups is 1. The van der Waals surface area contributed by atoms with E-state index in [1.165, 1.54) is 12.1 Å². The van der Waals surface area contributed by atoms with Crippen molar-refractivity contribution in [1.29, 1.82) is 0 Å². The number of oxazole rings is 1. The summed E-state index contributed by atoms with van der Waals surface area (Å²) in [5, 5.41) is 9.25. The van der Waals surface area contributed by atoms with Gasteiger partial charge < -0.3 is 9.52 Å². The van der Waals surface area contributed by atoms with Gasteiger partial charge in [0.25, 0.3) is 0 Å².